The lowest BCUT2D eigenvalue weighted by Gasteiger charge is -2.02. The predicted octanol–water partition coefficient (Wildman–Crippen LogP) is 1.84. The van der Waals surface area contributed by atoms with E-state index < -0.39 is 0 Å². The molecule has 0 aliphatic rings. The normalized spacial score (nSPS) is 10.8. The number of esters is 1. The maximum Gasteiger partial charge on any atom is 0.330 e. The van der Waals surface area contributed by atoms with Gasteiger partial charge in [0, 0.05) is 12.6 Å². The molecule has 1 N–H and O–H groups in total. The van der Waals surface area contributed by atoms with Crippen molar-refractivity contribution < 1.29 is 13.9 Å². The second-order valence-corrected chi connectivity index (χ2v) is 3.27. The lowest BCUT2D eigenvalue weighted by molar-refractivity contribution is -0.137. The third-order valence-corrected chi connectivity index (χ3v) is 1.88. The molecule has 0 aliphatic carbocycles. The summed E-state index contributed by atoms with van der Waals surface area (Å²) in [7, 11) is 0. The van der Waals surface area contributed by atoms with Crippen molar-refractivity contribution in [2.24, 2.45) is 0 Å². The summed E-state index contributed by atoms with van der Waals surface area (Å²) in [5.74, 6) is 0.288. The van der Waals surface area contributed by atoms with Gasteiger partial charge >= 0.3 is 5.97 Å². The first kappa shape index (κ1) is 12.5. The summed E-state index contributed by atoms with van der Waals surface area (Å²) in [6.07, 6.45) is 5.58. The van der Waals surface area contributed by atoms with Crippen LogP contribution in [-0.4, -0.2) is 25.7 Å². The van der Waals surface area contributed by atoms with Gasteiger partial charge in [-0.15, -0.1) is 0 Å². The number of carbonyl (C=O) groups is 1. The summed E-state index contributed by atoms with van der Waals surface area (Å²) in [5.41, 5.74) is 0. The summed E-state index contributed by atoms with van der Waals surface area (Å²) in [6.45, 7) is 4.11. The van der Waals surface area contributed by atoms with Crippen LogP contribution in [0.4, 0.5) is 0 Å². The molecule has 1 aromatic rings. The molecule has 16 heavy (non-hydrogen) atoms. The molecule has 0 aliphatic heterocycles. The van der Waals surface area contributed by atoms with E-state index >= 15 is 0 Å². The smallest absolute Gasteiger partial charge is 0.330 e. The SMILES string of the molecule is CCCNCCOC(=O)/C=C/c1ccco1. The first-order valence-corrected chi connectivity index (χ1v) is 5.42. The van der Waals surface area contributed by atoms with Gasteiger partial charge in [0.25, 0.3) is 0 Å². The van der Waals surface area contributed by atoms with E-state index in [1.165, 1.54) is 6.08 Å². The third-order valence-electron chi connectivity index (χ3n) is 1.88. The van der Waals surface area contributed by atoms with Crippen LogP contribution in [0.3, 0.4) is 0 Å². The van der Waals surface area contributed by atoms with E-state index in [0.717, 1.165) is 13.0 Å². The molecular weight excluding hydrogens is 206 g/mol. The number of hydrogen-bond acceptors (Lipinski definition) is 4. The minimum absolute atomic E-state index is 0.352. The van der Waals surface area contributed by atoms with Gasteiger partial charge in [-0.3, -0.25) is 0 Å². The second kappa shape index (κ2) is 7.70. The Balaban J connectivity index is 2.11. The summed E-state index contributed by atoms with van der Waals surface area (Å²) in [6, 6.07) is 3.53. The van der Waals surface area contributed by atoms with E-state index in [0.29, 0.717) is 18.9 Å². The fourth-order valence-electron chi connectivity index (χ4n) is 1.11. The van der Waals surface area contributed by atoms with E-state index in [2.05, 4.69) is 12.2 Å². The second-order valence-electron chi connectivity index (χ2n) is 3.27. The van der Waals surface area contributed by atoms with Crippen LogP contribution in [0.5, 0.6) is 0 Å². The van der Waals surface area contributed by atoms with Crippen LogP contribution in [0.15, 0.2) is 28.9 Å². The van der Waals surface area contributed by atoms with Crippen LogP contribution < -0.4 is 5.32 Å². The molecule has 1 aromatic heterocycles. The lowest BCUT2D eigenvalue weighted by Crippen LogP contribution is -2.21. The Hall–Kier alpha value is -1.55. The number of nitrogens with one attached hydrogen (secondary N) is 1. The molecular formula is C12H17NO3. The van der Waals surface area contributed by atoms with Crippen molar-refractivity contribution in [1.29, 1.82) is 0 Å². The molecule has 0 unspecified atom stereocenters. The minimum atomic E-state index is -0.352. The van der Waals surface area contributed by atoms with Crippen LogP contribution in [0, 0.1) is 0 Å². The van der Waals surface area contributed by atoms with Crippen molar-refractivity contribution in [3.8, 4) is 0 Å². The van der Waals surface area contributed by atoms with Gasteiger partial charge in [0.1, 0.15) is 12.4 Å². The first-order valence-electron chi connectivity index (χ1n) is 5.42. The molecule has 0 fully saturated rings. The van der Waals surface area contributed by atoms with E-state index in [1.54, 1.807) is 24.5 Å². The van der Waals surface area contributed by atoms with Crippen LogP contribution in [0.25, 0.3) is 6.08 Å². The van der Waals surface area contributed by atoms with Crippen LogP contribution >= 0.6 is 0 Å². The van der Waals surface area contributed by atoms with Crippen LogP contribution in [0.1, 0.15) is 19.1 Å². The van der Waals surface area contributed by atoms with Gasteiger partial charge in [-0.1, -0.05) is 6.92 Å². The summed E-state index contributed by atoms with van der Waals surface area (Å²) in [5, 5.41) is 3.14. The molecule has 0 amide bonds. The number of furan rings is 1. The van der Waals surface area contributed by atoms with Crippen molar-refractivity contribution in [1.82, 2.24) is 5.32 Å². The fraction of sp³-hybridized carbons (Fsp3) is 0.417. The molecule has 4 heteroatoms. The van der Waals surface area contributed by atoms with Crippen LogP contribution in [-0.2, 0) is 9.53 Å². The highest BCUT2D eigenvalue weighted by atomic mass is 16.5. The Morgan fingerprint density at radius 1 is 1.56 bits per heavy atom. The quantitative estimate of drug-likeness (QED) is 0.435. The predicted molar refractivity (Wildman–Crippen MR) is 61.9 cm³/mol. The maximum atomic E-state index is 11.2. The van der Waals surface area contributed by atoms with E-state index in [9.17, 15) is 4.79 Å². The zero-order valence-corrected chi connectivity index (χ0v) is 9.44. The topological polar surface area (TPSA) is 51.5 Å². The van der Waals surface area contributed by atoms with Crippen LogP contribution in [0.2, 0.25) is 0 Å². The molecule has 1 heterocycles. The largest absolute Gasteiger partial charge is 0.465 e. The number of ether oxygens (including phenoxy) is 1. The molecule has 1 rings (SSSR count). The highest BCUT2D eigenvalue weighted by Crippen LogP contribution is 2.02. The van der Waals surface area contributed by atoms with Crippen molar-refractivity contribution in [2.45, 2.75) is 13.3 Å². The minimum Gasteiger partial charge on any atom is -0.465 e. The van der Waals surface area contributed by atoms with Gasteiger partial charge in [0.05, 0.1) is 6.26 Å². The van der Waals surface area contributed by atoms with Gasteiger partial charge in [-0.05, 0) is 31.2 Å². The van der Waals surface area contributed by atoms with Crippen molar-refractivity contribution in [2.75, 3.05) is 19.7 Å². The van der Waals surface area contributed by atoms with Gasteiger partial charge < -0.3 is 14.5 Å². The van der Waals surface area contributed by atoms with E-state index in [-0.39, 0.29) is 5.97 Å². The third kappa shape index (κ3) is 5.36. The van der Waals surface area contributed by atoms with Gasteiger partial charge in [-0.25, -0.2) is 4.79 Å². The number of rotatable bonds is 7. The number of carbonyl (C=O) groups excluding carboxylic acids is 1. The Kier molecular flexibility index (Phi) is 6.03. The molecule has 0 radical (unpaired) electrons. The molecule has 0 saturated carbocycles. The maximum absolute atomic E-state index is 11.2. The Morgan fingerprint density at radius 3 is 3.12 bits per heavy atom. The first-order chi connectivity index (χ1) is 7.83. The molecule has 4 nitrogen and oxygen atoms in total. The van der Waals surface area contributed by atoms with Gasteiger partial charge in [0.15, 0.2) is 0 Å². The Morgan fingerprint density at radius 2 is 2.44 bits per heavy atom. The Bertz CT molecular complexity index is 317. The number of hydrogen-bond donors (Lipinski definition) is 1. The van der Waals surface area contributed by atoms with E-state index in [4.69, 9.17) is 9.15 Å². The zero-order valence-electron chi connectivity index (χ0n) is 9.44. The molecule has 88 valence electrons. The van der Waals surface area contributed by atoms with Gasteiger partial charge in [0.2, 0.25) is 0 Å². The zero-order chi connectivity index (χ0) is 11.6. The van der Waals surface area contributed by atoms with Crippen molar-refractivity contribution in [3.63, 3.8) is 0 Å². The van der Waals surface area contributed by atoms with Crippen molar-refractivity contribution in [3.05, 3.63) is 30.2 Å². The summed E-state index contributed by atoms with van der Waals surface area (Å²) >= 11 is 0. The molecule has 0 atom stereocenters. The fourth-order valence-corrected chi connectivity index (χ4v) is 1.11. The molecule has 0 aromatic carbocycles. The molecule has 0 bridgehead atoms. The molecule has 0 saturated heterocycles. The average molecular weight is 223 g/mol. The lowest BCUT2D eigenvalue weighted by atomic mass is 10.4. The van der Waals surface area contributed by atoms with E-state index in [1.807, 2.05) is 0 Å². The van der Waals surface area contributed by atoms with Crippen molar-refractivity contribution >= 4 is 12.0 Å². The monoisotopic (exact) mass is 223 g/mol. The average Bonchev–Trinajstić information content (AvgIpc) is 2.79. The highest BCUT2D eigenvalue weighted by molar-refractivity contribution is 5.86. The standard InChI is InChI=1S/C12H17NO3/c1-2-7-13-8-10-16-12(14)6-5-11-4-3-9-15-11/h3-6,9,13H,2,7-8,10H2,1H3/b6-5+. The summed E-state index contributed by atoms with van der Waals surface area (Å²) in [4.78, 5) is 11.2. The highest BCUT2D eigenvalue weighted by Gasteiger charge is 1.96. The molecule has 0 spiro atoms. The van der Waals surface area contributed by atoms with Gasteiger partial charge in [-0.2, -0.15) is 0 Å². The Labute approximate surface area is 95.3 Å². The summed E-state index contributed by atoms with van der Waals surface area (Å²) < 4.78 is 9.99.